The molecule has 0 radical (unpaired) electrons. The van der Waals surface area contributed by atoms with Crippen LogP contribution in [0.1, 0.15) is 11.1 Å². The maximum absolute atomic E-state index is 13.5. The Bertz CT molecular complexity index is 558. The van der Waals surface area contributed by atoms with E-state index in [0.29, 0.717) is 23.6 Å². The molecule has 0 aliphatic carbocycles. The summed E-state index contributed by atoms with van der Waals surface area (Å²) in [5.74, 6) is 0.612. The number of rotatable bonds is 5. The number of hydrogen-bond donors (Lipinski definition) is 2. The van der Waals surface area contributed by atoms with Crippen LogP contribution in [-0.4, -0.2) is 12.2 Å². The van der Waals surface area contributed by atoms with Gasteiger partial charge in [0.15, 0.2) is 0 Å². The zero-order chi connectivity index (χ0) is 13.7. The fourth-order valence-corrected chi connectivity index (χ4v) is 1.85. The first-order valence-electron chi connectivity index (χ1n) is 6.03. The van der Waals surface area contributed by atoms with Gasteiger partial charge in [-0.1, -0.05) is 18.2 Å². The molecule has 0 saturated heterocycles. The molecule has 3 nitrogen and oxygen atoms in total. The summed E-state index contributed by atoms with van der Waals surface area (Å²) in [7, 11) is 1.80. The van der Waals surface area contributed by atoms with E-state index in [1.807, 2.05) is 12.1 Å². The summed E-state index contributed by atoms with van der Waals surface area (Å²) in [6.45, 7) is 0.449. The van der Waals surface area contributed by atoms with Crippen LogP contribution in [0.15, 0.2) is 42.5 Å². The Kier molecular flexibility index (Phi) is 4.49. The SMILES string of the molecule is CNCc1cc(F)cc(Oc2ccccc2CO)c1. The van der Waals surface area contributed by atoms with E-state index in [4.69, 9.17) is 4.74 Å². The molecule has 0 heterocycles. The van der Waals surface area contributed by atoms with Crippen LogP contribution in [0.25, 0.3) is 0 Å². The first kappa shape index (κ1) is 13.5. The molecule has 0 aliphatic rings. The Morgan fingerprint density at radius 3 is 2.74 bits per heavy atom. The van der Waals surface area contributed by atoms with Crippen LogP contribution in [0.3, 0.4) is 0 Å². The molecule has 0 aromatic heterocycles. The van der Waals surface area contributed by atoms with E-state index in [2.05, 4.69) is 5.32 Å². The molecule has 0 unspecified atom stereocenters. The first-order chi connectivity index (χ1) is 9.22. The number of benzene rings is 2. The van der Waals surface area contributed by atoms with Crippen molar-refractivity contribution in [3.8, 4) is 11.5 Å². The van der Waals surface area contributed by atoms with Crippen LogP contribution in [0.2, 0.25) is 0 Å². The number of aliphatic hydroxyl groups excluding tert-OH is 1. The van der Waals surface area contributed by atoms with Crippen molar-refractivity contribution >= 4 is 0 Å². The predicted octanol–water partition coefficient (Wildman–Crippen LogP) is 2.83. The number of hydrogen-bond acceptors (Lipinski definition) is 3. The maximum Gasteiger partial charge on any atom is 0.132 e. The Labute approximate surface area is 111 Å². The summed E-state index contributed by atoms with van der Waals surface area (Å²) in [5, 5.41) is 12.2. The molecule has 0 atom stereocenters. The van der Waals surface area contributed by atoms with Gasteiger partial charge in [0.25, 0.3) is 0 Å². The minimum atomic E-state index is -0.343. The van der Waals surface area contributed by atoms with Crippen LogP contribution in [0.5, 0.6) is 11.5 Å². The van der Waals surface area contributed by atoms with Crippen LogP contribution in [-0.2, 0) is 13.2 Å². The third-order valence-electron chi connectivity index (χ3n) is 2.68. The number of ether oxygens (including phenoxy) is 1. The maximum atomic E-state index is 13.5. The second kappa shape index (κ2) is 6.31. The van der Waals surface area contributed by atoms with E-state index in [0.717, 1.165) is 5.56 Å². The molecule has 19 heavy (non-hydrogen) atoms. The van der Waals surface area contributed by atoms with Crippen molar-refractivity contribution in [1.29, 1.82) is 0 Å². The highest BCUT2D eigenvalue weighted by Gasteiger charge is 2.06. The molecule has 0 fully saturated rings. The molecule has 0 bridgehead atoms. The number of nitrogens with one attached hydrogen (secondary N) is 1. The lowest BCUT2D eigenvalue weighted by molar-refractivity contribution is 0.276. The van der Waals surface area contributed by atoms with Crippen molar-refractivity contribution in [1.82, 2.24) is 5.32 Å². The Balaban J connectivity index is 2.27. The topological polar surface area (TPSA) is 41.5 Å². The van der Waals surface area contributed by atoms with Gasteiger partial charge in [0.2, 0.25) is 0 Å². The quantitative estimate of drug-likeness (QED) is 0.869. The lowest BCUT2D eigenvalue weighted by Crippen LogP contribution is -2.05. The zero-order valence-electron chi connectivity index (χ0n) is 10.7. The number of aliphatic hydroxyl groups is 1. The van der Waals surface area contributed by atoms with E-state index >= 15 is 0 Å². The molecule has 4 heteroatoms. The summed E-state index contributed by atoms with van der Waals surface area (Å²) in [6, 6.07) is 11.7. The van der Waals surface area contributed by atoms with E-state index in [9.17, 15) is 9.50 Å². The molecular weight excluding hydrogens is 245 g/mol. The van der Waals surface area contributed by atoms with Crippen molar-refractivity contribution in [2.24, 2.45) is 0 Å². The molecule has 2 rings (SSSR count). The van der Waals surface area contributed by atoms with Crippen molar-refractivity contribution in [3.63, 3.8) is 0 Å². The molecular formula is C15H16FNO2. The zero-order valence-corrected chi connectivity index (χ0v) is 10.7. The third kappa shape index (κ3) is 3.53. The van der Waals surface area contributed by atoms with Crippen LogP contribution >= 0.6 is 0 Å². The molecule has 0 amide bonds. The highest BCUT2D eigenvalue weighted by molar-refractivity contribution is 5.39. The summed E-state index contributed by atoms with van der Waals surface area (Å²) in [5.41, 5.74) is 1.47. The Hall–Kier alpha value is -1.91. The van der Waals surface area contributed by atoms with Crippen molar-refractivity contribution in [2.75, 3.05) is 7.05 Å². The second-order valence-corrected chi connectivity index (χ2v) is 4.19. The number of halogens is 1. The van der Waals surface area contributed by atoms with Gasteiger partial charge in [0, 0.05) is 18.2 Å². The predicted molar refractivity (Wildman–Crippen MR) is 71.6 cm³/mol. The standard InChI is InChI=1S/C15H16FNO2/c1-17-9-11-6-13(16)8-14(7-11)19-15-5-3-2-4-12(15)10-18/h2-8,17-18H,9-10H2,1H3. The summed E-state index contributed by atoms with van der Waals surface area (Å²) < 4.78 is 19.1. The van der Waals surface area contributed by atoms with Crippen molar-refractivity contribution in [2.45, 2.75) is 13.2 Å². The van der Waals surface area contributed by atoms with E-state index in [-0.39, 0.29) is 12.4 Å². The van der Waals surface area contributed by atoms with Crippen LogP contribution in [0, 0.1) is 5.82 Å². The first-order valence-corrected chi connectivity index (χ1v) is 6.03. The molecule has 2 N–H and O–H groups in total. The van der Waals surface area contributed by atoms with E-state index in [1.54, 1.807) is 25.2 Å². The smallest absolute Gasteiger partial charge is 0.132 e. The van der Waals surface area contributed by atoms with Gasteiger partial charge in [-0.2, -0.15) is 0 Å². The molecule has 0 saturated carbocycles. The average molecular weight is 261 g/mol. The number of para-hydroxylation sites is 1. The molecule has 2 aromatic rings. The molecule has 100 valence electrons. The van der Waals surface area contributed by atoms with Gasteiger partial charge in [-0.25, -0.2) is 4.39 Å². The van der Waals surface area contributed by atoms with Gasteiger partial charge in [-0.05, 0) is 30.8 Å². The van der Waals surface area contributed by atoms with Crippen LogP contribution < -0.4 is 10.1 Å². The minimum absolute atomic E-state index is 0.116. The van der Waals surface area contributed by atoms with Crippen LogP contribution in [0.4, 0.5) is 4.39 Å². The van der Waals surface area contributed by atoms with E-state index < -0.39 is 0 Å². The lowest BCUT2D eigenvalue weighted by atomic mass is 10.2. The highest BCUT2D eigenvalue weighted by atomic mass is 19.1. The Morgan fingerprint density at radius 2 is 2.00 bits per heavy atom. The fourth-order valence-electron chi connectivity index (χ4n) is 1.85. The van der Waals surface area contributed by atoms with Gasteiger partial charge < -0.3 is 15.2 Å². The second-order valence-electron chi connectivity index (χ2n) is 4.19. The van der Waals surface area contributed by atoms with Gasteiger partial charge in [0.05, 0.1) is 6.61 Å². The summed E-state index contributed by atoms with van der Waals surface area (Å²) in [4.78, 5) is 0. The van der Waals surface area contributed by atoms with Gasteiger partial charge >= 0.3 is 0 Å². The van der Waals surface area contributed by atoms with Gasteiger partial charge in [0.1, 0.15) is 17.3 Å². The van der Waals surface area contributed by atoms with Gasteiger partial charge in [-0.15, -0.1) is 0 Å². The monoisotopic (exact) mass is 261 g/mol. The Morgan fingerprint density at radius 1 is 1.21 bits per heavy atom. The largest absolute Gasteiger partial charge is 0.457 e. The normalized spacial score (nSPS) is 10.5. The summed E-state index contributed by atoms with van der Waals surface area (Å²) >= 11 is 0. The molecule has 2 aromatic carbocycles. The lowest BCUT2D eigenvalue weighted by Gasteiger charge is -2.11. The van der Waals surface area contributed by atoms with E-state index in [1.165, 1.54) is 12.1 Å². The highest BCUT2D eigenvalue weighted by Crippen LogP contribution is 2.26. The average Bonchev–Trinajstić information content (AvgIpc) is 2.39. The molecule has 0 aliphatic heterocycles. The molecule has 0 spiro atoms. The van der Waals surface area contributed by atoms with Gasteiger partial charge in [-0.3, -0.25) is 0 Å². The summed E-state index contributed by atoms with van der Waals surface area (Å²) in [6.07, 6.45) is 0. The third-order valence-corrected chi connectivity index (χ3v) is 2.68. The minimum Gasteiger partial charge on any atom is -0.457 e. The fraction of sp³-hybridized carbons (Fsp3) is 0.200. The van der Waals surface area contributed by atoms with Crippen molar-refractivity contribution in [3.05, 3.63) is 59.4 Å². The van der Waals surface area contributed by atoms with Crippen molar-refractivity contribution < 1.29 is 14.2 Å².